The maximum absolute atomic E-state index is 12.5. The first-order valence-electron chi connectivity index (χ1n) is 8.92. The number of nitrogens with one attached hydrogen (secondary N) is 1. The van der Waals surface area contributed by atoms with Gasteiger partial charge in [-0.1, -0.05) is 6.07 Å². The smallest absolute Gasteiger partial charge is 0.274 e. The molecular weight excluding hydrogens is 328 g/mol. The van der Waals surface area contributed by atoms with E-state index in [4.69, 9.17) is 0 Å². The third kappa shape index (κ3) is 3.37. The highest BCUT2D eigenvalue weighted by atomic mass is 16.2. The maximum Gasteiger partial charge on any atom is 0.274 e. The van der Waals surface area contributed by atoms with E-state index in [9.17, 15) is 4.79 Å². The molecule has 1 fully saturated rings. The summed E-state index contributed by atoms with van der Waals surface area (Å²) in [5.41, 5.74) is 2.56. The van der Waals surface area contributed by atoms with Gasteiger partial charge in [-0.05, 0) is 37.5 Å². The van der Waals surface area contributed by atoms with Gasteiger partial charge in [-0.15, -0.1) is 0 Å². The summed E-state index contributed by atoms with van der Waals surface area (Å²) in [5, 5.41) is 6.92. The number of aryl methyl sites for hydroxylation is 1. The summed E-state index contributed by atoms with van der Waals surface area (Å²) in [6, 6.07) is 5.83. The molecule has 4 heterocycles. The van der Waals surface area contributed by atoms with Gasteiger partial charge in [0.2, 0.25) is 0 Å². The molecule has 1 saturated heterocycles. The lowest BCUT2D eigenvalue weighted by Gasteiger charge is -2.31. The lowest BCUT2D eigenvalue weighted by Crippen LogP contribution is -2.38. The van der Waals surface area contributed by atoms with Crippen molar-refractivity contribution >= 4 is 5.91 Å². The molecule has 0 aliphatic carbocycles. The van der Waals surface area contributed by atoms with Crippen molar-refractivity contribution in [3.8, 4) is 0 Å². The monoisotopic (exact) mass is 350 g/mol. The molecule has 4 rings (SSSR count). The minimum atomic E-state index is 0.00602. The largest absolute Gasteiger partial charge is 0.337 e. The Hall–Kier alpha value is -2.96. The molecule has 0 spiro atoms. The van der Waals surface area contributed by atoms with Crippen molar-refractivity contribution in [3.63, 3.8) is 0 Å². The number of amides is 1. The standard InChI is InChI=1S/C19H22N6O/c1-14-11-17(23-22-14)19(26)24-8-4-16(5-9-24)18-21-7-10-25(18)13-15-3-2-6-20-12-15/h2-3,6-7,10-12,16H,4-5,8-9,13H2,1H3,(H,22,23). The van der Waals surface area contributed by atoms with E-state index >= 15 is 0 Å². The van der Waals surface area contributed by atoms with Crippen LogP contribution < -0.4 is 0 Å². The van der Waals surface area contributed by atoms with E-state index in [1.165, 1.54) is 0 Å². The topological polar surface area (TPSA) is 79.7 Å². The Morgan fingerprint density at radius 2 is 2.15 bits per heavy atom. The van der Waals surface area contributed by atoms with Gasteiger partial charge >= 0.3 is 0 Å². The van der Waals surface area contributed by atoms with Crippen LogP contribution in [0.25, 0.3) is 0 Å². The molecule has 7 heteroatoms. The molecule has 0 bridgehead atoms. The maximum atomic E-state index is 12.5. The minimum Gasteiger partial charge on any atom is -0.337 e. The van der Waals surface area contributed by atoms with Gasteiger partial charge in [0.25, 0.3) is 5.91 Å². The van der Waals surface area contributed by atoms with Crippen LogP contribution in [-0.4, -0.2) is 48.6 Å². The zero-order chi connectivity index (χ0) is 17.9. The van der Waals surface area contributed by atoms with E-state index in [2.05, 4.69) is 30.8 Å². The predicted octanol–water partition coefficient (Wildman–Crippen LogP) is 2.38. The highest BCUT2D eigenvalue weighted by Gasteiger charge is 2.27. The van der Waals surface area contributed by atoms with Crippen molar-refractivity contribution in [1.29, 1.82) is 0 Å². The zero-order valence-electron chi connectivity index (χ0n) is 14.8. The van der Waals surface area contributed by atoms with Crippen LogP contribution in [-0.2, 0) is 6.54 Å². The summed E-state index contributed by atoms with van der Waals surface area (Å²) in [5.74, 6) is 1.47. The number of likely N-dealkylation sites (tertiary alicyclic amines) is 1. The number of piperidine rings is 1. The number of hydrogen-bond donors (Lipinski definition) is 1. The van der Waals surface area contributed by atoms with Crippen molar-refractivity contribution in [2.24, 2.45) is 0 Å². The molecule has 26 heavy (non-hydrogen) atoms. The Labute approximate surface area is 152 Å². The zero-order valence-corrected chi connectivity index (χ0v) is 14.8. The molecule has 134 valence electrons. The van der Waals surface area contributed by atoms with Crippen LogP contribution in [0.4, 0.5) is 0 Å². The summed E-state index contributed by atoms with van der Waals surface area (Å²) in [4.78, 5) is 23.2. The molecule has 0 radical (unpaired) electrons. The molecule has 1 N–H and O–H groups in total. The van der Waals surface area contributed by atoms with Crippen LogP contribution >= 0.6 is 0 Å². The summed E-state index contributed by atoms with van der Waals surface area (Å²) < 4.78 is 2.19. The van der Waals surface area contributed by atoms with Gasteiger partial charge in [-0.2, -0.15) is 5.10 Å². The number of aromatic nitrogens is 5. The van der Waals surface area contributed by atoms with E-state index in [0.29, 0.717) is 11.6 Å². The van der Waals surface area contributed by atoms with Gasteiger partial charge in [0.15, 0.2) is 0 Å². The third-order valence-electron chi connectivity index (χ3n) is 4.90. The van der Waals surface area contributed by atoms with Gasteiger partial charge in [0, 0.05) is 49.5 Å². The summed E-state index contributed by atoms with van der Waals surface area (Å²) in [7, 11) is 0. The molecule has 0 aromatic carbocycles. The second kappa shape index (κ2) is 7.11. The Balaban J connectivity index is 1.41. The fraction of sp³-hybridized carbons (Fsp3) is 0.368. The average Bonchev–Trinajstić information content (AvgIpc) is 3.31. The quantitative estimate of drug-likeness (QED) is 0.783. The molecule has 0 saturated carbocycles. The van der Waals surface area contributed by atoms with Gasteiger partial charge in [-0.25, -0.2) is 4.98 Å². The van der Waals surface area contributed by atoms with Crippen LogP contribution in [0.15, 0.2) is 43.0 Å². The average molecular weight is 350 g/mol. The molecule has 3 aromatic rings. The highest BCUT2D eigenvalue weighted by molar-refractivity contribution is 5.92. The Bertz CT molecular complexity index is 876. The second-order valence-corrected chi connectivity index (χ2v) is 6.78. The number of rotatable bonds is 4. The highest BCUT2D eigenvalue weighted by Crippen LogP contribution is 2.28. The van der Waals surface area contributed by atoms with Crippen LogP contribution in [0.3, 0.4) is 0 Å². The van der Waals surface area contributed by atoms with Crippen molar-refractivity contribution in [1.82, 2.24) is 29.6 Å². The van der Waals surface area contributed by atoms with Gasteiger partial charge in [0.05, 0.1) is 6.54 Å². The van der Waals surface area contributed by atoms with Gasteiger partial charge in [-0.3, -0.25) is 14.9 Å². The van der Waals surface area contributed by atoms with Crippen molar-refractivity contribution in [3.05, 3.63) is 65.8 Å². The number of carbonyl (C=O) groups is 1. The SMILES string of the molecule is Cc1cc(C(=O)N2CCC(c3nccn3Cc3cccnc3)CC2)n[nH]1. The number of carbonyl (C=O) groups excluding carboxylic acids is 1. The number of aromatic amines is 1. The summed E-state index contributed by atoms with van der Waals surface area (Å²) in [6.07, 6.45) is 9.38. The van der Waals surface area contributed by atoms with Crippen LogP contribution in [0, 0.1) is 6.92 Å². The lowest BCUT2D eigenvalue weighted by atomic mass is 9.95. The van der Waals surface area contributed by atoms with Gasteiger partial charge in [0.1, 0.15) is 11.5 Å². The Morgan fingerprint density at radius 3 is 2.85 bits per heavy atom. The van der Waals surface area contributed by atoms with E-state index in [0.717, 1.165) is 49.6 Å². The normalized spacial score (nSPS) is 15.3. The number of nitrogens with zero attached hydrogens (tertiary/aromatic N) is 5. The van der Waals surface area contributed by atoms with Crippen LogP contribution in [0.5, 0.6) is 0 Å². The lowest BCUT2D eigenvalue weighted by molar-refractivity contribution is 0.0704. The number of hydrogen-bond acceptors (Lipinski definition) is 4. The third-order valence-corrected chi connectivity index (χ3v) is 4.90. The molecule has 7 nitrogen and oxygen atoms in total. The minimum absolute atomic E-state index is 0.00602. The first-order valence-corrected chi connectivity index (χ1v) is 8.92. The number of H-pyrrole nitrogens is 1. The molecule has 1 aliphatic rings. The fourth-order valence-electron chi connectivity index (χ4n) is 3.53. The van der Waals surface area contributed by atoms with E-state index in [1.54, 1.807) is 12.3 Å². The Kier molecular flexibility index (Phi) is 4.51. The molecule has 0 atom stereocenters. The number of imidazole rings is 1. The van der Waals surface area contributed by atoms with Crippen LogP contribution in [0.1, 0.15) is 46.3 Å². The van der Waals surface area contributed by atoms with Crippen molar-refractivity contribution in [2.45, 2.75) is 32.2 Å². The molecule has 0 unspecified atom stereocenters. The summed E-state index contributed by atoms with van der Waals surface area (Å²) >= 11 is 0. The first-order chi connectivity index (χ1) is 12.7. The number of pyridine rings is 1. The van der Waals surface area contributed by atoms with Gasteiger partial charge < -0.3 is 9.47 Å². The predicted molar refractivity (Wildman–Crippen MR) is 96.8 cm³/mol. The fourth-order valence-corrected chi connectivity index (χ4v) is 3.53. The van der Waals surface area contributed by atoms with E-state index in [1.807, 2.05) is 36.5 Å². The Morgan fingerprint density at radius 1 is 1.31 bits per heavy atom. The second-order valence-electron chi connectivity index (χ2n) is 6.78. The van der Waals surface area contributed by atoms with E-state index in [-0.39, 0.29) is 5.91 Å². The molecule has 3 aromatic heterocycles. The van der Waals surface area contributed by atoms with E-state index < -0.39 is 0 Å². The summed E-state index contributed by atoms with van der Waals surface area (Å²) in [6.45, 7) is 4.14. The van der Waals surface area contributed by atoms with Crippen molar-refractivity contribution in [2.75, 3.05) is 13.1 Å². The van der Waals surface area contributed by atoms with Crippen LogP contribution in [0.2, 0.25) is 0 Å². The molecule has 1 amide bonds. The first kappa shape index (κ1) is 16.5. The molecular formula is C19H22N6O. The van der Waals surface area contributed by atoms with Crippen molar-refractivity contribution < 1.29 is 4.79 Å². The molecule has 1 aliphatic heterocycles.